The molecule has 1 aliphatic carbocycles. The molecule has 2 N–H and O–H groups in total. The second-order valence-electron chi connectivity index (χ2n) is 13.5. The molecule has 3 amide bonds. The van der Waals surface area contributed by atoms with Gasteiger partial charge in [0.25, 0.3) is 0 Å². The van der Waals surface area contributed by atoms with Gasteiger partial charge in [-0.25, -0.2) is 18.9 Å². The Kier molecular flexibility index (Phi) is 10.2. The number of amides is 3. The lowest BCUT2D eigenvalue weighted by Gasteiger charge is -2.36. The number of alkyl carbamates (subject to hydrolysis) is 1. The van der Waals surface area contributed by atoms with Crippen molar-refractivity contribution in [3.05, 3.63) is 65.9 Å². The van der Waals surface area contributed by atoms with Crippen molar-refractivity contribution in [2.75, 3.05) is 18.5 Å². The Hall–Kier alpha value is -4.48. The molecule has 47 heavy (non-hydrogen) atoms. The Morgan fingerprint density at radius 1 is 0.979 bits per heavy atom. The van der Waals surface area contributed by atoms with Gasteiger partial charge in [-0.2, -0.15) is 0 Å². The summed E-state index contributed by atoms with van der Waals surface area (Å²) in [6, 6.07) is 14.8. The second kappa shape index (κ2) is 14.1. The number of carbonyl (C=O) groups is 4. The van der Waals surface area contributed by atoms with Crippen LogP contribution in [0.4, 0.5) is 19.4 Å². The monoisotopic (exact) mass is 652 g/mol. The molecule has 2 aliphatic rings. The van der Waals surface area contributed by atoms with Gasteiger partial charge in [-0.15, -0.1) is 0 Å². The van der Waals surface area contributed by atoms with Gasteiger partial charge in [0, 0.05) is 46.5 Å². The van der Waals surface area contributed by atoms with Gasteiger partial charge in [-0.3, -0.25) is 9.59 Å². The minimum Gasteiger partial charge on any atom is -0.444 e. The molecule has 0 spiro atoms. The standard InChI is InChI=1S/C35H42F2N4O6/c1-35(2,3)46-34(45)39-27(20-36)22-10-12-23(13-11-22)32(43)41-17-16-26(21-8-6-5-7-9-21)30(41)31(42)38-25-14-15-28-24(18-25)19-29(40(28)4)33(44)47-37/h5-9,14-15,18-19,22-23,26-27,30H,10-13,16-17,20H2,1-4H3,(H,38,42)(H,39,45)/t22?,23?,26-,27?,30?/m1/s1. The van der Waals surface area contributed by atoms with E-state index in [4.69, 9.17) is 4.74 Å². The Balaban J connectivity index is 1.31. The van der Waals surface area contributed by atoms with Crippen LogP contribution >= 0.6 is 0 Å². The molecule has 3 aromatic rings. The van der Waals surface area contributed by atoms with Crippen LogP contribution in [0.5, 0.6) is 0 Å². The molecule has 2 aromatic carbocycles. The van der Waals surface area contributed by atoms with E-state index in [1.165, 1.54) is 10.6 Å². The van der Waals surface area contributed by atoms with Crippen LogP contribution in [0.1, 0.15) is 74.8 Å². The number of fused-ring (bicyclic) bond motifs is 1. The van der Waals surface area contributed by atoms with E-state index in [0.717, 1.165) is 5.56 Å². The van der Waals surface area contributed by atoms with Crippen LogP contribution in [0, 0.1) is 11.8 Å². The van der Waals surface area contributed by atoms with E-state index in [1.54, 1.807) is 50.9 Å². The fourth-order valence-electron chi connectivity index (χ4n) is 7.04. The lowest BCUT2D eigenvalue weighted by Crippen LogP contribution is -2.49. The van der Waals surface area contributed by atoms with E-state index >= 15 is 0 Å². The molecule has 10 nitrogen and oxygen atoms in total. The van der Waals surface area contributed by atoms with E-state index in [2.05, 4.69) is 15.6 Å². The molecule has 2 unspecified atom stereocenters. The largest absolute Gasteiger partial charge is 0.444 e. The Morgan fingerprint density at radius 3 is 2.32 bits per heavy atom. The maximum atomic E-state index is 14.0. The number of halogens is 2. The summed E-state index contributed by atoms with van der Waals surface area (Å²) < 4.78 is 33.4. The highest BCUT2D eigenvalue weighted by Crippen LogP contribution is 2.39. The van der Waals surface area contributed by atoms with Gasteiger partial charge in [0.2, 0.25) is 11.8 Å². The zero-order chi connectivity index (χ0) is 33.9. The van der Waals surface area contributed by atoms with Crippen molar-refractivity contribution >= 4 is 40.5 Å². The van der Waals surface area contributed by atoms with Crippen LogP contribution < -0.4 is 10.6 Å². The molecule has 12 heteroatoms. The van der Waals surface area contributed by atoms with Crippen molar-refractivity contribution in [2.45, 2.75) is 76.5 Å². The highest BCUT2D eigenvalue weighted by atomic mass is 19.3. The highest BCUT2D eigenvalue weighted by molar-refractivity contribution is 6.01. The lowest BCUT2D eigenvalue weighted by molar-refractivity contribution is -0.141. The molecule has 252 valence electrons. The van der Waals surface area contributed by atoms with E-state index < -0.39 is 36.4 Å². The molecule has 0 bridgehead atoms. The summed E-state index contributed by atoms with van der Waals surface area (Å²) >= 11 is 0. The van der Waals surface area contributed by atoms with Crippen molar-refractivity contribution in [2.24, 2.45) is 18.9 Å². The van der Waals surface area contributed by atoms with Crippen molar-refractivity contribution < 1.29 is 37.8 Å². The Bertz CT molecular complexity index is 1610. The first-order valence-corrected chi connectivity index (χ1v) is 16.0. The van der Waals surface area contributed by atoms with Crippen molar-refractivity contribution in [3.63, 3.8) is 0 Å². The van der Waals surface area contributed by atoms with Crippen LogP contribution in [-0.4, -0.2) is 64.2 Å². The molecule has 1 aromatic heterocycles. The van der Waals surface area contributed by atoms with Gasteiger partial charge in [-0.05, 0) is 88.6 Å². The maximum absolute atomic E-state index is 14.0. The molecular weight excluding hydrogens is 610 g/mol. The number of carbonyl (C=O) groups excluding carboxylic acids is 4. The van der Waals surface area contributed by atoms with E-state index in [1.807, 2.05) is 30.3 Å². The van der Waals surface area contributed by atoms with Gasteiger partial charge >= 0.3 is 12.1 Å². The number of rotatable bonds is 8. The molecule has 2 fully saturated rings. The third-order valence-corrected chi connectivity index (χ3v) is 9.33. The summed E-state index contributed by atoms with van der Waals surface area (Å²) in [4.78, 5) is 57.2. The van der Waals surface area contributed by atoms with Gasteiger partial charge in [0.1, 0.15) is 24.0 Å². The predicted molar refractivity (Wildman–Crippen MR) is 172 cm³/mol. The Labute approximate surface area is 272 Å². The number of anilines is 1. The zero-order valence-corrected chi connectivity index (χ0v) is 27.1. The summed E-state index contributed by atoms with van der Waals surface area (Å²) in [6.45, 7) is 4.92. The minimum atomic E-state index is -1.12. The van der Waals surface area contributed by atoms with Gasteiger partial charge < -0.3 is 24.8 Å². The fourth-order valence-corrected chi connectivity index (χ4v) is 7.04. The molecule has 0 radical (unpaired) electrons. The quantitative estimate of drug-likeness (QED) is 0.299. The molecule has 1 aliphatic heterocycles. The number of aromatic nitrogens is 1. The van der Waals surface area contributed by atoms with Gasteiger partial charge in [0.05, 0.1) is 6.04 Å². The summed E-state index contributed by atoms with van der Waals surface area (Å²) in [6.07, 6.45) is 2.10. The number of ether oxygens (including phenoxy) is 1. The number of hydrogen-bond donors (Lipinski definition) is 2. The minimum absolute atomic E-state index is 0.0239. The first kappa shape index (κ1) is 33.9. The third-order valence-electron chi connectivity index (χ3n) is 9.33. The van der Waals surface area contributed by atoms with Gasteiger partial charge in [0.15, 0.2) is 0 Å². The first-order chi connectivity index (χ1) is 22.4. The average Bonchev–Trinajstić information content (AvgIpc) is 3.64. The molecule has 2 heterocycles. The third kappa shape index (κ3) is 7.58. The number of nitrogens with zero attached hydrogens (tertiary/aromatic N) is 2. The number of aryl methyl sites for hydroxylation is 1. The van der Waals surface area contributed by atoms with Crippen LogP contribution in [0.2, 0.25) is 0 Å². The fraction of sp³-hybridized carbons (Fsp3) is 0.486. The van der Waals surface area contributed by atoms with E-state index in [0.29, 0.717) is 55.2 Å². The number of alkyl halides is 1. The zero-order valence-electron chi connectivity index (χ0n) is 27.1. The van der Waals surface area contributed by atoms with Crippen molar-refractivity contribution in [3.8, 4) is 0 Å². The predicted octanol–water partition coefficient (Wildman–Crippen LogP) is 6.21. The van der Waals surface area contributed by atoms with Crippen molar-refractivity contribution in [1.29, 1.82) is 0 Å². The molecule has 5 rings (SSSR count). The molecule has 1 saturated carbocycles. The smallest absolute Gasteiger partial charge is 0.407 e. The van der Waals surface area contributed by atoms with Crippen LogP contribution in [-0.2, 0) is 26.3 Å². The summed E-state index contributed by atoms with van der Waals surface area (Å²) in [5.41, 5.74) is 1.40. The van der Waals surface area contributed by atoms with Crippen LogP contribution in [0.25, 0.3) is 10.9 Å². The average molecular weight is 653 g/mol. The SMILES string of the molecule is Cn1c(C(=O)OF)cc2cc(NC(=O)C3[C@@H](c4ccccc4)CCN3C(=O)C3CCC(C(CF)NC(=O)OC(C)(C)C)CC3)ccc21. The normalized spacial score (nSPS) is 22.0. The second-order valence-corrected chi connectivity index (χ2v) is 13.5. The number of benzene rings is 2. The van der Waals surface area contributed by atoms with Gasteiger partial charge in [-0.1, -0.05) is 30.3 Å². The Morgan fingerprint density at radius 2 is 1.68 bits per heavy atom. The number of hydrogen-bond acceptors (Lipinski definition) is 6. The van der Waals surface area contributed by atoms with Crippen molar-refractivity contribution in [1.82, 2.24) is 14.8 Å². The van der Waals surface area contributed by atoms with Crippen LogP contribution in [0.15, 0.2) is 54.6 Å². The summed E-state index contributed by atoms with van der Waals surface area (Å²) in [5, 5.41) is 6.24. The summed E-state index contributed by atoms with van der Waals surface area (Å²) in [5.74, 6) is -2.24. The van der Waals surface area contributed by atoms with Crippen LogP contribution in [0.3, 0.4) is 0 Å². The molecule has 3 atom stereocenters. The number of nitrogens with one attached hydrogen (secondary N) is 2. The lowest BCUT2D eigenvalue weighted by atomic mass is 9.78. The highest BCUT2D eigenvalue weighted by Gasteiger charge is 2.45. The molecule has 1 saturated heterocycles. The molecular formula is C35H42F2N4O6. The number of likely N-dealkylation sites (tertiary alicyclic amines) is 1. The van der Waals surface area contributed by atoms with E-state index in [-0.39, 0.29) is 35.3 Å². The first-order valence-electron chi connectivity index (χ1n) is 16.0. The summed E-state index contributed by atoms with van der Waals surface area (Å²) in [7, 11) is 1.61. The topological polar surface area (TPSA) is 119 Å². The maximum Gasteiger partial charge on any atom is 0.407 e. The van der Waals surface area contributed by atoms with E-state index in [9.17, 15) is 28.1 Å².